The monoisotopic (exact) mass is 351 g/mol. The first-order valence-corrected chi connectivity index (χ1v) is 7.63. The van der Waals surface area contributed by atoms with Gasteiger partial charge in [0, 0.05) is 26.7 Å². The summed E-state index contributed by atoms with van der Waals surface area (Å²) in [4.78, 5) is 24.2. The van der Waals surface area contributed by atoms with E-state index < -0.39 is 11.5 Å². The molecule has 3 rings (SSSR count). The van der Waals surface area contributed by atoms with Crippen molar-refractivity contribution >= 4 is 44.6 Å². The second kappa shape index (κ2) is 4.80. The molecule has 0 radical (unpaired) electrons. The van der Waals surface area contributed by atoms with Gasteiger partial charge >= 0.3 is 0 Å². The average Bonchev–Trinajstić information content (AvgIpc) is 2.98. The molecule has 0 fully saturated rings. The maximum Gasteiger partial charge on any atom is 0.261 e. The minimum atomic E-state index is -1.80. The summed E-state index contributed by atoms with van der Waals surface area (Å²) >= 11 is 4.71. The zero-order valence-electron chi connectivity index (χ0n) is 10.2. The topological polar surface area (TPSA) is 66.4 Å². The summed E-state index contributed by atoms with van der Waals surface area (Å²) in [6, 6.07) is 6.78. The number of fused-ring (bicyclic) bond motifs is 1. The molecule has 1 atom stereocenters. The van der Waals surface area contributed by atoms with Gasteiger partial charge in [-0.1, -0.05) is 22.0 Å². The van der Waals surface area contributed by atoms with Crippen LogP contribution in [-0.4, -0.2) is 16.8 Å². The van der Waals surface area contributed by atoms with Gasteiger partial charge in [-0.3, -0.25) is 9.59 Å². The van der Waals surface area contributed by atoms with Gasteiger partial charge in [0.25, 0.3) is 5.91 Å². The number of nitrogens with one attached hydrogen (secondary N) is 1. The van der Waals surface area contributed by atoms with E-state index in [1.165, 1.54) is 11.3 Å². The third kappa shape index (κ3) is 2.09. The van der Waals surface area contributed by atoms with Crippen LogP contribution >= 0.6 is 27.3 Å². The van der Waals surface area contributed by atoms with Gasteiger partial charge in [0.2, 0.25) is 0 Å². The van der Waals surface area contributed by atoms with Gasteiger partial charge in [0.15, 0.2) is 11.4 Å². The van der Waals surface area contributed by atoms with Crippen LogP contribution in [0.1, 0.15) is 22.3 Å². The third-order valence-corrected chi connectivity index (χ3v) is 4.49. The molecule has 2 heterocycles. The lowest BCUT2D eigenvalue weighted by Gasteiger charge is -2.19. The molecule has 0 saturated carbocycles. The van der Waals surface area contributed by atoms with E-state index in [-0.39, 0.29) is 12.2 Å². The van der Waals surface area contributed by atoms with Crippen LogP contribution in [0.2, 0.25) is 0 Å². The summed E-state index contributed by atoms with van der Waals surface area (Å²) in [7, 11) is 0. The molecule has 0 spiro atoms. The van der Waals surface area contributed by atoms with Crippen molar-refractivity contribution in [3.63, 3.8) is 0 Å². The highest BCUT2D eigenvalue weighted by atomic mass is 79.9. The number of benzene rings is 1. The number of amides is 1. The molecule has 1 amide bonds. The van der Waals surface area contributed by atoms with E-state index in [4.69, 9.17) is 0 Å². The molecule has 102 valence electrons. The summed E-state index contributed by atoms with van der Waals surface area (Å²) in [5.41, 5.74) is -0.309. The van der Waals surface area contributed by atoms with Gasteiger partial charge in [0.1, 0.15) is 0 Å². The Hall–Kier alpha value is -1.50. The summed E-state index contributed by atoms with van der Waals surface area (Å²) < 4.78 is 0.796. The van der Waals surface area contributed by atoms with Gasteiger partial charge in [-0.05, 0) is 23.6 Å². The van der Waals surface area contributed by atoms with Gasteiger partial charge in [-0.2, -0.15) is 11.3 Å². The van der Waals surface area contributed by atoms with Crippen molar-refractivity contribution in [3.05, 3.63) is 50.6 Å². The Morgan fingerprint density at radius 2 is 2.20 bits per heavy atom. The number of anilines is 1. The Morgan fingerprint density at radius 1 is 1.40 bits per heavy atom. The number of ketones is 1. The number of carbonyl (C=O) groups is 2. The van der Waals surface area contributed by atoms with E-state index in [9.17, 15) is 14.7 Å². The van der Waals surface area contributed by atoms with Crippen molar-refractivity contribution in [1.82, 2.24) is 0 Å². The predicted molar refractivity (Wildman–Crippen MR) is 79.9 cm³/mol. The zero-order chi connectivity index (χ0) is 14.3. The molecule has 20 heavy (non-hydrogen) atoms. The van der Waals surface area contributed by atoms with Crippen molar-refractivity contribution in [2.24, 2.45) is 0 Å². The van der Waals surface area contributed by atoms with Crippen molar-refractivity contribution in [2.45, 2.75) is 12.0 Å². The maximum absolute atomic E-state index is 12.1. The van der Waals surface area contributed by atoms with Crippen LogP contribution < -0.4 is 5.32 Å². The summed E-state index contributed by atoms with van der Waals surface area (Å²) in [5, 5.41) is 16.7. The highest BCUT2D eigenvalue weighted by molar-refractivity contribution is 9.10. The maximum atomic E-state index is 12.1. The fourth-order valence-corrected chi connectivity index (χ4v) is 3.28. The predicted octanol–water partition coefficient (Wildman–Crippen LogP) is 2.92. The molecular weight excluding hydrogens is 342 g/mol. The highest BCUT2D eigenvalue weighted by Gasteiger charge is 2.46. The zero-order valence-corrected chi connectivity index (χ0v) is 12.6. The number of carbonyl (C=O) groups excluding carboxylic acids is 2. The molecule has 6 heteroatoms. The van der Waals surface area contributed by atoms with Crippen molar-refractivity contribution in [3.8, 4) is 0 Å². The van der Waals surface area contributed by atoms with E-state index >= 15 is 0 Å². The molecule has 0 aliphatic carbocycles. The van der Waals surface area contributed by atoms with Gasteiger partial charge < -0.3 is 10.4 Å². The Kier molecular flexibility index (Phi) is 3.24. The van der Waals surface area contributed by atoms with Crippen LogP contribution in [0.15, 0.2) is 39.5 Å². The fourth-order valence-electron chi connectivity index (χ4n) is 2.26. The van der Waals surface area contributed by atoms with Crippen LogP contribution in [0.5, 0.6) is 0 Å². The summed E-state index contributed by atoms with van der Waals surface area (Å²) in [5.74, 6) is -0.811. The lowest BCUT2D eigenvalue weighted by Crippen LogP contribution is -2.36. The van der Waals surface area contributed by atoms with Crippen LogP contribution in [0.3, 0.4) is 0 Å². The van der Waals surface area contributed by atoms with Gasteiger partial charge in [0.05, 0.1) is 6.42 Å². The SMILES string of the molecule is O=C(C[C@]1(O)C(=O)Nc2cc(Br)ccc21)c1ccsc1. The molecule has 1 aromatic heterocycles. The molecular formula is C14H10BrNO3S. The molecule has 0 unspecified atom stereocenters. The Labute approximate surface area is 127 Å². The second-order valence-electron chi connectivity index (χ2n) is 4.62. The van der Waals surface area contributed by atoms with E-state index in [1.54, 1.807) is 35.0 Å². The van der Waals surface area contributed by atoms with Crippen molar-refractivity contribution in [1.29, 1.82) is 0 Å². The van der Waals surface area contributed by atoms with Crippen molar-refractivity contribution < 1.29 is 14.7 Å². The quantitative estimate of drug-likeness (QED) is 0.835. The smallest absolute Gasteiger partial charge is 0.261 e. The number of hydrogen-bond donors (Lipinski definition) is 2. The molecule has 2 N–H and O–H groups in total. The van der Waals surface area contributed by atoms with E-state index in [0.717, 1.165) is 4.47 Å². The number of halogens is 1. The second-order valence-corrected chi connectivity index (χ2v) is 6.31. The number of Topliss-reactive ketones (excluding diaryl/α,β-unsaturated/α-hetero) is 1. The third-order valence-electron chi connectivity index (χ3n) is 3.31. The average molecular weight is 352 g/mol. The lowest BCUT2D eigenvalue weighted by atomic mass is 9.88. The number of rotatable bonds is 3. The normalized spacial score (nSPS) is 20.6. The first-order valence-electron chi connectivity index (χ1n) is 5.90. The van der Waals surface area contributed by atoms with Gasteiger partial charge in [-0.15, -0.1) is 0 Å². The molecule has 0 bridgehead atoms. The number of thiophene rings is 1. The van der Waals surface area contributed by atoms with E-state index in [2.05, 4.69) is 21.2 Å². The fraction of sp³-hybridized carbons (Fsp3) is 0.143. The van der Waals surface area contributed by atoms with E-state index in [0.29, 0.717) is 16.8 Å². The number of hydrogen-bond acceptors (Lipinski definition) is 4. The number of aliphatic hydroxyl groups is 1. The lowest BCUT2D eigenvalue weighted by molar-refractivity contribution is -0.133. The Bertz CT molecular complexity index is 698. The molecule has 1 aliphatic heterocycles. The Morgan fingerprint density at radius 3 is 2.90 bits per heavy atom. The van der Waals surface area contributed by atoms with E-state index in [1.807, 2.05) is 0 Å². The standard InChI is InChI=1S/C14H10BrNO3S/c15-9-1-2-10-11(5-9)16-13(18)14(10,19)6-12(17)8-3-4-20-7-8/h1-5,7,19H,6H2,(H,16,18)/t14-/m1/s1. The van der Waals surface area contributed by atoms with Crippen LogP contribution in [0.4, 0.5) is 5.69 Å². The van der Waals surface area contributed by atoms with Crippen LogP contribution in [0, 0.1) is 0 Å². The van der Waals surface area contributed by atoms with Crippen LogP contribution in [-0.2, 0) is 10.4 Å². The van der Waals surface area contributed by atoms with Crippen molar-refractivity contribution in [2.75, 3.05) is 5.32 Å². The van der Waals surface area contributed by atoms with Gasteiger partial charge in [-0.25, -0.2) is 0 Å². The first kappa shape index (κ1) is 13.5. The first-order chi connectivity index (χ1) is 9.50. The minimum absolute atomic E-state index is 0.250. The molecule has 0 saturated heterocycles. The Balaban J connectivity index is 1.96. The summed E-state index contributed by atoms with van der Waals surface area (Å²) in [6.45, 7) is 0. The molecule has 1 aliphatic rings. The largest absolute Gasteiger partial charge is 0.375 e. The molecule has 4 nitrogen and oxygen atoms in total. The molecule has 2 aromatic rings. The highest BCUT2D eigenvalue weighted by Crippen LogP contribution is 2.40. The van der Waals surface area contributed by atoms with Crippen LogP contribution in [0.25, 0.3) is 0 Å². The summed E-state index contributed by atoms with van der Waals surface area (Å²) in [6.07, 6.45) is -0.260. The minimum Gasteiger partial charge on any atom is -0.375 e. The molecule has 1 aromatic carbocycles.